The summed E-state index contributed by atoms with van der Waals surface area (Å²) < 4.78 is 28.3. The molecule has 0 aliphatic rings. The van der Waals surface area contributed by atoms with Crippen molar-refractivity contribution in [2.45, 2.75) is 6.92 Å². The van der Waals surface area contributed by atoms with E-state index in [1.165, 1.54) is 6.20 Å². The topological polar surface area (TPSA) is 80.0 Å². The predicted molar refractivity (Wildman–Crippen MR) is 79.2 cm³/mol. The maximum Gasteiger partial charge on any atom is 0.262 e. The summed E-state index contributed by atoms with van der Waals surface area (Å²) in [5.41, 5.74) is 1.04. The molecule has 3 rings (SSSR count). The van der Waals surface area contributed by atoms with Crippen molar-refractivity contribution in [1.29, 1.82) is 0 Å². The van der Waals surface area contributed by atoms with Crippen LogP contribution in [0.15, 0.2) is 24.4 Å². The molecule has 23 heavy (non-hydrogen) atoms. The Bertz CT molecular complexity index is 914. The monoisotopic (exact) mass is 318 g/mol. The number of aromatic hydroxyl groups is 1. The molecule has 0 aliphatic heterocycles. The first-order valence-corrected chi connectivity index (χ1v) is 6.65. The van der Waals surface area contributed by atoms with Crippen LogP contribution in [0.3, 0.4) is 0 Å². The summed E-state index contributed by atoms with van der Waals surface area (Å²) in [7, 11) is 1.74. The van der Waals surface area contributed by atoms with E-state index in [0.717, 1.165) is 11.1 Å². The van der Waals surface area contributed by atoms with Gasteiger partial charge in [0.15, 0.2) is 5.65 Å². The van der Waals surface area contributed by atoms with Crippen LogP contribution in [0.25, 0.3) is 11.0 Å². The SMILES string of the molecule is Cc1nn(C)c2ncc(NC(=O)c3c(O)cc(F)cc3F)cc12. The third-order valence-corrected chi connectivity index (χ3v) is 3.38. The van der Waals surface area contributed by atoms with Crippen molar-refractivity contribution in [3.63, 3.8) is 0 Å². The number of rotatable bonds is 2. The van der Waals surface area contributed by atoms with Crippen LogP contribution in [0.1, 0.15) is 16.1 Å². The molecule has 0 aliphatic carbocycles. The highest BCUT2D eigenvalue weighted by atomic mass is 19.1. The van der Waals surface area contributed by atoms with Crippen LogP contribution in [0, 0.1) is 18.6 Å². The molecular weight excluding hydrogens is 306 g/mol. The number of benzene rings is 1. The van der Waals surface area contributed by atoms with Crippen molar-refractivity contribution in [1.82, 2.24) is 14.8 Å². The summed E-state index contributed by atoms with van der Waals surface area (Å²) >= 11 is 0. The lowest BCUT2D eigenvalue weighted by Gasteiger charge is -2.08. The number of anilines is 1. The fraction of sp³-hybridized carbons (Fsp3) is 0.133. The molecule has 0 radical (unpaired) electrons. The van der Waals surface area contributed by atoms with Gasteiger partial charge in [-0.2, -0.15) is 5.10 Å². The quantitative estimate of drug-likeness (QED) is 0.761. The number of phenolic OH excluding ortho intramolecular Hbond substituents is 1. The largest absolute Gasteiger partial charge is 0.507 e. The number of pyridine rings is 1. The Labute approximate surface area is 129 Å². The van der Waals surface area contributed by atoms with Crippen LogP contribution in [0.5, 0.6) is 5.75 Å². The second-order valence-corrected chi connectivity index (χ2v) is 5.04. The number of fused-ring (bicyclic) bond motifs is 1. The van der Waals surface area contributed by atoms with Gasteiger partial charge in [-0.1, -0.05) is 0 Å². The molecule has 1 amide bonds. The van der Waals surface area contributed by atoms with E-state index in [4.69, 9.17) is 0 Å². The first-order chi connectivity index (χ1) is 10.9. The highest BCUT2D eigenvalue weighted by Crippen LogP contribution is 2.24. The van der Waals surface area contributed by atoms with Crippen molar-refractivity contribution < 1.29 is 18.7 Å². The van der Waals surface area contributed by atoms with Crippen molar-refractivity contribution in [2.75, 3.05) is 5.32 Å². The van der Waals surface area contributed by atoms with E-state index in [0.29, 0.717) is 23.5 Å². The fourth-order valence-corrected chi connectivity index (χ4v) is 2.35. The smallest absolute Gasteiger partial charge is 0.262 e. The average Bonchev–Trinajstić information content (AvgIpc) is 2.72. The van der Waals surface area contributed by atoms with Crippen LogP contribution in [0.4, 0.5) is 14.5 Å². The molecule has 0 atom stereocenters. The molecule has 3 aromatic rings. The van der Waals surface area contributed by atoms with Gasteiger partial charge in [-0.15, -0.1) is 0 Å². The lowest BCUT2D eigenvalue weighted by molar-refractivity contribution is 0.102. The minimum Gasteiger partial charge on any atom is -0.507 e. The fourth-order valence-electron chi connectivity index (χ4n) is 2.35. The Morgan fingerprint density at radius 3 is 2.74 bits per heavy atom. The van der Waals surface area contributed by atoms with Crippen molar-refractivity contribution in [2.24, 2.45) is 7.05 Å². The first kappa shape index (κ1) is 14.9. The van der Waals surface area contributed by atoms with Gasteiger partial charge in [0.25, 0.3) is 5.91 Å². The van der Waals surface area contributed by atoms with E-state index in [-0.39, 0.29) is 0 Å². The van der Waals surface area contributed by atoms with Crippen LogP contribution in [-0.4, -0.2) is 25.8 Å². The maximum atomic E-state index is 13.7. The summed E-state index contributed by atoms with van der Waals surface area (Å²) in [5.74, 6) is -3.79. The zero-order chi connectivity index (χ0) is 16.7. The number of hydrogen-bond donors (Lipinski definition) is 2. The van der Waals surface area contributed by atoms with Crippen molar-refractivity contribution in [3.05, 3.63) is 47.3 Å². The second kappa shape index (κ2) is 5.31. The highest BCUT2D eigenvalue weighted by Gasteiger charge is 2.19. The van der Waals surface area contributed by atoms with Gasteiger partial charge in [-0.05, 0) is 13.0 Å². The summed E-state index contributed by atoms with van der Waals surface area (Å²) in [6.07, 6.45) is 1.39. The van der Waals surface area contributed by atoms with E-state index < -0.39 is 28.9 Å². The average molecular weight is 318 g/mol. The van der Waals surface area contributed by atoms with E-state index in [2.05, 4.69) is 15.4 Å². The molecule has 0 unspecified atom stereocenters. The zero-order valence-corrected chi connectivity index (χ0v) is 12.3. The molecule has 118 valence electrons. The number of carbonyl (C=O) groups is 1. The number of halogens is 2. The minimum absolute atomic E-state index is 0.307. The van der Waals surface area contributed by atoms with Gasteiger partial charge in [0, 0.05) is 24.6 Å². The lowest BCUT2D eigenvalue weighted by atomic mass is 10.1. The summed E-state index contributed by atoms with van der Waals surface area (Å²) in [6.45, 7) is 1.79. The van der Waals surface area contributed by atoms with Crippen LogP contribution in [0.2, 0.25) is 0 Å². The summed E-state index contributed by atoms with van der Waals surface area (Å²) in [6, 6.07) is 2.84. The van der Waals surface area contributed by atoms with Gasteiger partial charge in [-0.3, -0.25) is 9.48 Å². The number of hydrogen-bond acceptors (Lipinski definition) is 4. The van der Waals surface area contributed by atoms with Crippen LogP contribution < -0.4 is 5.32 Å². The highest BCUT2D eigenvalue weighted by molar-refractivity contribution is 6.06. The van der Waals surface area contributed by atoms with Gasteiger partial charge in [0.2, 0.25) is 0 Å². The van der Waals surface area contributed by atoms with E-state index in [1.54, 1.807) is 24.7 Å². The Hall–Kier alpha value is -3.03. The number of amides is 1. The molecule has 0 saturated heterocycles. The molecule has 2 N–H and O–H groups in total. The molecule has 0 spiro atoms. The Morgan fingerprint density at radius 1 is 1.30 bits per heavy atom. The van der Waals surface area contributed by atoms with Gasteiger partial charge in [0.1, 0.15) is 22.9 Å². The van der Waals surface area contributed by atoms with Crippen LogP contribution >= 0.6 is 0 Å². The third kappa shape index (κ3) is 2.59. The van der Waals surface area contributed by atoms with Crippen molar-refractivity contribution in [3.8, 4) is 5.75 Å². The number of nitrogens with zero attached hydrogens (tertiary/aromatic N) is 3. The number of aromatic nitrogens is 3. The molecule has 2 aromatic heterocycles. The van der Waals surface area contributed by atoms with Gasteiger partial charge < -0.3 is 10.4 Å². The molecule has 0 saturated carbocycles. The lowest BCUT2D eigenvalue weighted by Crippen LogP contribution is -2.14. The minimum atomic E-state index is -1.15. The summed E-state index contributed by atoms with van der Waals surface area (Å²) in [4.78, 5) is 16.3. The normalized spacial score (nSPS) is 11.0. The third-order valence-electron chi connectivity index (χ3n) is 3.38. The molecule has 6 nitrogen and oxygen atoms in total. The Morgan fingerprint density at radius 2 is 2.04 bits per heavy atom. The van der Waals surface area contributed by atoms with Gasteiger partial charge in [0.05, 0.1) is 17.6 Å². The number of carbonyl (C=O) groups excluding carboxylic acids is 1. The molecular formula is C15H12F2N4O2. The number of phenols is 1. The molecule has 0 bridgehead atoms. The van der Waals surface area contributed by atoms with E-state index in [9.17, 15) is 18.7 Å². The Kier molecular flexibility index (Phi) is 3.44. The van der Waals surface area contributed by atoms with E-state index >= 15 is 0 Å². The van der Waals surface area contributed by atoms with Crippen molar-refractivity contribution >= 4 is 22.6 Å². The van der Waals surface area contributed by atoms with E-state index in [1.807, 2.05) is 0 Å². The van der Waals surface area contributed by atoms with Crippen LogP contribution in [-0.2, 0) is 7.05 Å². The molecule has 2 heterocycles. The standard InChI is InChI=1S/C15H12F2N4O2/c1-7-10-5-9(6-18-14(10)21(2)20-7)19-15(23)13-11(17)3-8(16)4-12(13)22/h3-6,22H,1-2H3,(H,19,23). The molecule has 1 aromatic carbocycles. The molecule has 8 heteroatoms. The Balaban J connectivity index is 1.96. The number of nitrogens with one attached hydrogen (secondary N) is 1. The van der Waals surface area contributed by atoms with Gasteiger partial charge >= 0.3 is 0 Å². The zero-order valence-electron chi connectivity index (χ0n) is 12.3. The maximum absolute atomic E-state index is 13.7. The van der Waals surface area contributed by atoms with Gasteiger partial charge in [-0.25, -0.2) is 13.8 Å². The molecule has 0 fully saturated rings. The summed E-state index contributed by atoms with van der Waals surface area (Å²) in [5, 5.41) is 16.9. The second-order valence-electron chi connectivity index (χ2n) is 5.04. The number of aryl methyl sites for hydroxylation is 2. The predicted octanol–water partition coefficient (Wildman–Crippen LogP) is 2.51. The first-order valence-electron chi connectivity index (χ1n) is 6.65.